The maximum Gasteiger partial charge on any atom is 0.243 e. The molecule has 128 valence electrons. The lowest BCUT2D eigenvalue weighted by molar-refractivity contribution is -0.671. The van der Waals surface area contributed by atoms with Gasteiger partial charge in [-0.1, -0.05) is 84.9 Å². The van der Waals surface area contributed by atoms with E-state index in [1.807, 2.05) is 0 Å². The molecular weight excluding hydrogens is 335 g/mol. The monoisotopic (exact) mass is 357 g/mol. The van der Waals surface area contributed by atoms with E-state index in [1.54, 1.807) is 0 Å². The minimum atomic E-state index is -0.576. The molecule has 0 saturated carbocycles. The molecule has 26 heavy (non-hydrogen) atoms. The van der Waals surface area contributed by atoms with Crippen LogP contribution in [0.3, 0.4) is 0 Å². The third kappa shape index (κ3) is 3.61. The van der Waals surface area contributed by atoms with Crippen LogP contribution in [-0.2, 0) is 13.6 Å². The van der Waals surface area contributed by atoms with Gasteiger partial charge in [-0.05, 0) is 23.8 Å². The van der Waals surface area contributed by atoms with E-state index in [-0.39, 0.29) is 0 Å². The van der Waals surface area contributed by atoms with Gasteiger partial charge in [0.25, 0.3) is 0 Å². The van der Waals surface area contributed by atoms with Crippen molar-refractivity contribution in [3.05, 3.63) is 109 Å². The molecule has 0 fully saturated rings. The molecule has 0 radical (unpaired) electrons. The molecule has 3 heteroatoms. The zero-order valence-electron chi connectivity index (χ0n) is 14.9. The average molecular weight is 357 g/mol. The molecule has 0 atom stereocenters. The fourth-order valence-electron chi connectivity index (χ4n) is 3.24. The first-order valence-corrected chi connectivity index (χ1v) is 10.1. The third-order valence-corrected chi connectivity index (χ3v) is 6.99. The van der Waals surface area contributed by atoms with E-state index in [9.17, 15) is 0 Å². The van der Waals surface area contributed by atoms with Crippen LogP contribution in [0.15, 0.2) is 104 Å². The summed E-state index contributed by atoms with van der Waals surface area (Å²) in [5, 5.41) is 4.20. The normalized spacial score (nSPS) is 11.0. The highest BCUT2D eigenvalue weighted by Crippen LogP contribution is 2.34. The summed E-state index contributed by atoms with van der Waals surface area (Å²) < 4.78 is 4.32. The van der Waals surface area contributed by atoms with Gasteiger partial charge in [0, 0.05) is 5.56 Å². The quantitative estimate of drug-likeness (QED) is 0.383. The highest BCUT2D eigenvalue weighted by atomic mass is 31.1. The Bertz CT molecular complexity index is 938. The molecule has 1 aromatic heterocycles. The zero-order chi connectivity index (χ0) is 17.8. The molecular formula is C23H22N2P+. The third-order valence-electron chi connectivity index (χ3n) is 4.44. The molecule has 0 aliphatic carbocycles. The van der Waals surface area contributed by atoms with Gasteiger partial charge in [0.05, 0.1) is 7.05 Å². The van der Waals surface area contributed by atoms with Gasteiger partial charge in [0.15, 0.2) is 0 Å². The minimum Gasteiger partial charge on any atom is -0.240 e. The standard InChI is InChI=1S/C23H22N2P/c1-24-16-17-25(19-24)18-20-10-8-9-15-23(20)26(21-11-4-2-5-12-21)22-13-6-3-7-14-22/h2-17,19H,18H2,1H3/q+1. The largest absolute Gasteiger partial charge is 0.243 e. The molecule has 1 heterocycles. The Hall–Kier alpha value is -2.70. The first-order valence-electron chi connectivity index (χ1n) is 8.80. The predicted octanol–water partition coefficient (Wildman–Crippen LogP) is 3.12. The van der Waals surface area contributed by atoms with Crippen molar-refractivity contribution in [2.75, 3.05) is 0 Å². The van der Waals surface area contributed by atoms with Crippen LogP contribution in [0.1, 0.15) is 5.56 Å². The molecule has 2 nitrogen and oxygen atoms in total. The molecule has 0 aliphatic heterocycles. The van der Waals surface area contributed by atoms with E-state index < -0.39 is 7.92 Å². The molecule has 0 amide bonds. The second-order valence-corrected chi connectivity index (χ2v) is 8.57. The van der Waals surface area contributed by atoms with Gasteiger partial charge in [-0.25, -0.2) is 9.13 Å². The van der Waals surface area contributed by atoms with Crippen molar-refractivity contribution in [2.24, 2.45) is 7.05 Å². The van der Waals surface area contributed by atoms with Crippen molar-refractivity contribution in [1.29, 1.82) is 0 Å². The van der Waals surface area contributed by atoms with E-state index in [0.29, 0.717) is 0 Å². The van der Waals surface area contributed by atoms with Crippen LogP contribution >= 0.6 is 7.92 Å². The van der Waals surface area contributed by atoms with Gasteiger partial charge in [-0.3, -0.25) is 0 Å². The maximum atomic E-state index is 2.30. The number of aromatic nitrogens is 2. The molecule has 0 N–H and O–H groups in total. The van der Waals surface area contributed by atoms with Gasteiger partial charge in [-0.15, -0.1) is 0 Å². The summed E-state index contributed by atoms with van der Waals surface area (Å²) in [6.07, 6.45) is 6.34. The summed E-state index contributed by atoms with van der Waals surface area (Å²) in [7, 11) is 1.48. The molecule has 4 aromatic rings. The Morgan fingerprint density at radius 3 is 1.92 bits per heavy atom. The highest BCUT2D eigenvalue weighted by Gasteiger charge is 2.20. The molecule has 0 spiro atoms. The number of nitrogens with zero attached hydrogens (tertiary/aromatic N) is 2. The second kappa shape index (κ2) is 7.68. The number of aryl methyl sites for hydroxylation is 1. The van der Waals surface area contributed by atoms with E-state index in [4.69, 9.17) is 0 Å². The summed E-state index contributed by atoms with van der Waals surface area (Å²) in [6, 6.07) is 30.6. The van der Waals surface area contributed by atoms with Crippen LogP contribution in [-0.4, -0.2) is 4.57 Å². The number of rotatable bonds is 5. The number of hydrogen-bond donors (Lipinski definition) is 0. The first-order chi connectivity index (χ1) is 12.8. The second-order valence-electron chi connectivity index (χ2n) is 6.39. The summed E-state index contributed by atoms with van der Waals surface area (Å²) in [5.74, 6) is 0. The highest BCUT2D eigenvalue weighted by molar-refractivity contribution is 7.79. The fraction of sp³-hybridized carbons (Fsp3) is 0.0870. The Morgan fingerprint density at radius 2 is 1.35 bits per heavy atom. The lowest BCUT2D eigenvalue weighted by Crippen LogP contribution is -2.25. The van der Waals surface area contributed by atoms with Crippen molar-refractivity contribution in [3.8, 4) is 0 Å². The summed E-state index contributed by atoms with van der Waals surface area (Å²) in [4.78, 5) is 0. The van der Waals surface area contributed by atoms with Crippen LogP contribution in [0.2, 0.25) is 0 Å². The lowest BCUT2D eigenvalue weighted by atomic mass is 10.2. The van der Waals surface area contributed by atoms with E-state index in [2.05, 4.69) is 120 Å². The van der Waals surface area contributed by atoms with Gasteiger partial charge >= 0.3 is 0 Å². The summed E-state index contributed by atoms with van der Waals surface area (Å²) >= 11 is 0. The van der Waals surface area contributed by atoms with Crippen molar-refractivity contribution in [2.45, 2.75) is 6.54 Å². The Kier molecular flexibility index (Phi) is 4.95. The van der Waals surface area contributed by atoms with Gasteiger partial charge in [-0.2, -0.15) is 0 Å². The van der Waals surface area contributed by atoms with Crippen LogP contribution in [0.4, 0.5) is 0 Å². The van der Waals surface area contributed by atoms with Gasteiger partial charge in [0.1, 0.15) is 18.9 Å². The lowest BCUT2D eigenvalue weighted by Gasteiger charge is -2.21. The SMILES string of the molecule is C[n+]1ccn(Cc2ccccc2P(c2ccccc2)c2ccccc2)c1. The van der Waals surface area contributed by atoms with Gasteiger partial charge < -0.3 is 0 Å². The van der Waals surface area contributed by atoms with Gasteiger partial charge in [0.2, 0.25) is 6.33 Å². The molecule has 0 aliphatic rings. The molecule has 0 unspecified atom stereocenters. The Balaban J connectivity index is 1.82. The smallest absolute Gasteiger partial charge is 0.240 e. The molecule has 0 bridgehead atoms. The maximum absolute atomic E-state index is 2.30. The van der Waals surface area contributed by atoms with Crippen molar-refractivity contribution < 1.29 is 4.57 Å². The topological polar surface area (TPSA) is 8.81 Å². The summed E-state index contributed by atoms with van der Waals surface area (Å²) in [5.41, 5.74) is 1.38. The van der Waals surface area contributed by atoms with Crippen molar-refractivity contribution >= 4 is 23.8 Å². The number of imidazole rings is 1. The first kappa shape index (κ1) is 16.8. The summed E-state index contributed by atoms with van der Waals surface area (Å²) in [6.45, 7) is 0.884. The minimum absolute atomic E-state index is 0.576. The molecule has 3 aromatic carbocycles. The van der Waals surface area contributed by atoms with Crippen molar-refractivity contribution in [1.82, 2.24) is 4.57 Å². The Morgan fingerprint density at radius 1 is 0.769 bits per heavy atom. The zero-order valence-corrected chi connectivity index (χ0v) is 15.8. The van der Waals surface area contributed by atoms with E-state index in [1.165, 1.54) is 21.5 Å². The molecule has 0 saturated heterocycles. The van der Waals surface area contributed by atoms with Crippen molar-refractivity contribution in [3.63, 3.8) is 0 Å². The van der Waals surface area contributed by atoms with Crippen LogP contribution in [0, 0.1) is 0 Å². The Labute approximate surface area is 156 Å². The average Bonchev–Trinajstić information content (AvgIpc) is 3.10. The predicted molar refractivity (Wildman–Crippen MR) is 110 cm³/mol. The van der Waals surface area contributed by atoms with Crippen LogP contribution < -0.4 is 20.5 Å². The van der Waals surface area contributed by atoms with E-state index >= 15 is 0 Å². The van der Waals surface area contributed by atoms with E-state index in [0.717, 1.165) is 6.54 Å². The number of benzene rings is 3. The van der Waals surface area contributed by atoms with Crippen LogP contribution in [0.5, 0.6) is 0 Å². The fourth-order valence-corrected chi connectivity index (χ4v) is 5.70. The number of hydrogen-bond acceptors (Lipinski definition) is 0. The van der Waals surface area contributed by atoms with Crippen LogP contribution in [0.25, 0.3) is 0 Å². The molecule has 4 rings (SSSR count).